The minimum atomic E-state index is -1.09. The van der Waals surface area contributed by atoms with Gasteiger partial charge in [-0.3, -0.25) is 24.8 Å². The van der Waals surface area contributed by atoms with E-state index in [1.165, 1.54) is 22.9 Å². The molecular formula is C22H25N4O4+. The third-order valence-corrected chi connectivity index (χ3v) is 5.59. The van der Waals surface area contributed by atoms with Gasteiger partial charge in [-0.05, 0) is 12.1 Å². The number of carbonyl (C=O) groups is 3. The van der Waals surface area contributed by atoms with Crippen LogP contribution in [0.15, 0.2) is 58.1 Å². The number of piperidine rings is 1. The summed E-state index contributed by atoms with van der Waals surface area (Å²) in [7, 11) is 0. The number of hydrogen-bond donors (Lipinski definition) is 2. The third-order valence-electron chi connectivity index (χ3n) is 5.59. The molecule has 2 saturated heterocycles. The van der Waals surface area contributed by atoms with Crippen LogP contribution in [0.4, 0.5) is 4.79 Å². The molecule has 1 aromatic carbocycles. The zero-order valence-corrected chi connectivity index (χ0v) is 16.6. The highest BCUT2D eigenvalue weighted by molar-refractivity contribution is 6.23. The molecule has 30 heavy (non-hydrogen) atoms. The van der Waals surface area contributed by atoms with Gasteiger partial charge in [-0.15, -0.1) is 0 Å². The van der Waals surface area contributed by atoms with Crippen molar-refractivity contribution >= 4 is 24.1 Å². The molecular weight excluding hydrogens is 384 g/mol. The van der Waals surface area contributed by atoms with E-state index in [2.05, 4.69) is 34.6 Å². The first kappa shape index (κ1) is 20.0. The van der Waals surface area contributed by atoms with Gasteiger partial charge in [0, 0.05) is 24.6 Å². The molecule has 0 aliphatic carbocycles. The summed E-state index contributed by atoms with van der Waals surface area (Å²) in [4.78, 5) is 44.0. The summed E-state index contributed by atoms with van der Waals surface area (Å²) < 4.78 is 5.21. The average Bonchev–Trinajstić information content (AvgIpc) is 3.26. The van der Waals surface area contributed by atoms with Crippen LogP contribution < -0.4 is 10.2 Å². The van der Waals surface area contributed by atoms with Crippen molar-refractivity contribution in [1.29, 1.82) is 0 Å². The molecule has 0 bridgehead atoms. The largest absolute Gasteiger partial charge is 0.467 e. The van der Waals surface area contributed by atoms with Gasteiger partial charge in [0.25, 0.3) is 0 Å². The number of benzene rings is 1. The van der Waals surface area contributed by atoms with E-state index in [0.29, 0.717) is 5.76 Å². The molecule has 2 fully saturated rings. The minimum absolute atomic E-state index is 0.0173. The van der Waals surface area contributed by atoms with Gasteiger partial charge in [-0.25, -0.2) is 4.79 Å². The molecule has 1 unspecified atom stereocenters. The van der Waals surface area contributed by atoms with E-state index in [9.17, 15) is 14.4 Å². The number of amides is 4. The van der Waals surface area contributed by atoms with E-state index in [1.54, 1.807) is 12.1 Å². The molecule has 0 spiro atoms. The zero-order chi connectivity index (χ0) is 20.9. The highest BCUT2D eigenvalue weighted by atomic mass is 16.3. The number of likely N-dealkylation sites (tertiary alicyclic amines) is 1. The molecule has 2 aromatic rings. The number of hydrogen-bond acceptors (Lipinski definition) is 5. The van der Waals surface area contributed by atoms with Crippen LogP contribution in [0.2, 0.25) is 0 Å². The number of quaternary nitrogens is 1. The fraction of sp³-hybridized carbons (Fsp3) is 0.364. The van der Waals surface area contributed by atoms with Gasteiger partial charge < -0.3 is 9.32 Å². The summed E-state index contributed by atoms with van der Waals surface area (Å²) in [5.74, 6) is -1.82. The van der Waals surface area contributed by atoms with E-state index in [4.69, 9.17) is 4.42 Å². The maximum absolute atomic E-state index is 12.7. The number of barbiturate groups is 1. The monoisotopic (exact) mass is 409 g/mol. The lowest BCUT2D eigenvalue weighted by atomic mass is 10.0. The van der Waals surface area contributed by atoms with Crippen LogP contribution in [0.1, 0.15) is 24.2 Å². The van der Waals surface area contributed by atoms with Crippen molar-refractivity contribution in [2.45, 2.75) is 32.0 Å². The Balaban J connectivity index is 1.33. The number of rotatable bonds is 6. The normalized spacial score (nSPS) is 25.0. The molecule has 4 rings (SSSR count). The predicted molar refractivity (Wildman–Crippen MR) is 109 cm³/mol. The lowest BCUT2D eigenvalue weighted by Gasteiger charge is -2.29. The summed E-state index contributed by atoms with van der Waals surface area (Å²) in [5.41, 5.74) is 1.32. The van der Waals surface area contributed by atoms with Gasteiger partial charge in [-0.1, -0.05) is 30.3 Å². The second-order valence-corrected chi connectivity index (χ2v) is 7.72. The summed E-state index contributed by atoms with van der Waals surface area (Å²) in [6.45, 7) is 2.96. The molecule has 0 radical (unpaired) electrons. The second-order valence-electron chi connectivity index (χ2n) is 7.72. The Labute approximate surface area is 174 Å². The SMILES string of the molecule is O=C1NC(=O)N(Cc2ccco2)C(=O)C1C=NC1CC[NH+](Cc2ccccc2)CC1. The van der Waals surface area contributed by atoms with Crippen molar-refractivity contribution < 1.29 is 23.7 Å². The lowest BCUT2D eigenvalue weighted by molar-refractivity contribution is -0.918. The predicted octanol–water partition coefficient (Wildman–Crippen LogP) is 0.793. The number of urea groups is 1. The van der Waals surface area contributed by atoms with Gasteiger partial charge in [0.15, 0.2) is 5.92 Å². The van der Waals surface area contributed by atoms with Crippen molar-refractivity contribution in [3.8, 4) is 0 Å². The maximum Gasteiger partial charge on any atom is 0.331 e. The number of aliphatic imine (C=N–C) groups is 1. The van der Waals surface area contributed by atoms with Crippen LogP contribution in [0.3, 0.4) is 0 Å². The molecule has 156 valence electrons. The molecule has 1 aromatic heterocycles. The Morgan fingerprint density at radius 3 is 2.57 bits per heavy atom. The third kappa shape index (κ3) is 4.65. The van der Waals surface area contributed by atoms with Crippen molar-refractivity contribution in [1.82, 2.24) is 10.2 Å². The highest BCUT2D eigenvalue weighted by Gasteiger charge is 2.40. The summed E-state index contributed by atoms with van der Waals surface area (Å²) in [5, 5.41) is 2.23. The topological polar surface area (TPSA) is 96.4 Å². The number of imide groups is 2. The quantitative estimate of drug-likeness (QED) is 0.545. The fourth-order valence-electron chi connectivity index (χ4n) is 3.90. The Kier molecular flexibility index (Phi) is 6.04. The number of nitrogens with zero attached hydrogens (tertiary/aromatic N) is 2. The number of nitrogens with one attached hydrogen (secondary N) is 2. The second kappa shape index (κ2) is 9.04. The van der Waals surface area contributed by atoms with Crippen LogP contribution in [-0.2, 0) is 22.7 Å². The zero-order valence-electron chi connectivity index (χ0n) is 16.6. The van der Waals surface area contributed by atoms with Gasteiger partial charge in [0.05, 0.1) is 31.9 Å². The minimum Gasteiger partial charge on any atom is -0.467 e. The van der Waals surface area contributed by atoms with Gasteiger partial charge in [-0.2, -0.15) is 0 Å². The number of carbonyl (C=O) groups excluding carboxylic acids is 3. The van der Waals surface area contributed by atoms with Gasteiger partial charge in [0.2, 0.25) is 11.8 Å². The Hall–Kier alpha value is -3.26. The lowest BCUT2D eigenvalue weighted by Crippen LogP contribution is -3.12. The molecule has 8 heteroatoms. The highest BCUT2D eigenvalue weighted by Crippen LogP contribution is 2.15. The number of furan rings is 1. The van der Waals surface area contributed by atoms with Crippen LogP contribution in [0.5, 0.6) is 0 Å². The van der Waals surface area contributed by atoms with E-state index in [-0.39, 0.29) is 12.6 Å². The van der Waals surface area contributed by atoms with Crippen LogP contribution in [0.25, 0.3) is 0 Å². The molecule has 2 aliphatic rings. The summed E-state index contributed by atoms with van der Waals surface area (Å²) >= 11 is 0. The van der Waals surface area contributed by atoms with Crippen LogP contribution >= 0.6 is 0 Å². The molecule has 4 amide bonds. The molecule has 1 atom stereocenters. The van der Waals surface area contributed by atoms with E-state index < -0.39 is 23.8 Å². The van der Waals surface area contributed by atoms with E-state index >= 15 is 0 Å². The fourth-order valence-corrected chi connectivity index (χ4v) is 3.90. The van der Waals surface area contributed by atoms with Crippen molar-refractivity contribution in [3.63, 3.8) is 0 Å². The van der Waals surface area contributed by atoms with E-state index in [1.807, 2.05) is 6.07 Å². The standard InChI is InChI=1S/C22H24N4O4/c27-20-19(21(28)26(22(29)24-20)15-18-7-4-12-30-18)13-23-17-8-10-25(11-9-17)14-16-5-2-1-3-6-16/h1-7,12-13,17,19H,8-11,14-15H2,(H,24,27,29)/p+1. The maximum atomic E-state index is 12.7. The average molecular weight is 409 g/mol. The smallest absolute Gasteiger partial charge is 0.331 e. The molecule has 0 saturated carbocycles. The van der Waals surface area contributed by atoms with Crippen molar-refractivity contribution in [3.05, 3.63) is 60.1 Å². The Morgan fingerprint density at radius 1 is 1.10 bits per heavy atom. The van der Waals surface area contributed by atoms with Crippen LogP contribution in [0, 0.1) is 5.92 Å². The Bertz CT molecular complexity index is 918. The first-order chi connectivity index (χ1) is 14.6. The van der Waals surface area contributed by atoms with Gasteiger partial charge >= 0.3 is 6.03 Å². The van der Waals surface area contributed by atoms with Crippen molar-refractivity contribution in [2.75, 3.05) is 13.1 Å². The first-order valence-electron chi connectivity index (χ1n) is 10.2. The summed E-state index contributed by atoms with van der Waals surface area (Å²) in [6, 6.07) is 13.1. The van der Waals surface area contributed by atoms with Gasteiger partial charge in [0.1, 0.15) is 12.3 Å². The van der Waals surface area contributed by atoms with E-state index in [0.717, 1.165) is 37.4 Å². The molecule has 2 N–H and O–H groups in total. The molecule has 8 nitrogen and oxygen atoms in total. The summed E-state index contributed by atoms with van der Waals surface area (Å²) in [6.07, 6.45) is 4.68. The van der Waals surface area contributed by atoms with Crippen LogP contribution in [-0.4, -0.2) is 48.1 Å². The first-order valence-corrected chi connectivity index (χ1v) is 10.2. The molecule has 3 heterocycles. The van der Waals surface area contributed by atoms with Crippen molar-refractivity contribution in [2.24, 2.45) is 10.9 Å². The molecule has 2 aliphatic heterocycles. The Morgan fingerprint density at radius 2 is 1.87 bits per heavy atom.